The summed E-state index contributed by atoms with van der Waals surface area (Å²) in [4.78, 5) is 33.4. The summed E-state index contributed by atoms with van der Waals surface area (Å²) in [6.07, 6.45) is 3.38. The predicted molar refractivity (Wildman–Crippen MR) is 112 cm³/mol. The number of fused-ring (bicyclic) bond motifs is 1. The summed E-state index contributed by atoms with van der Waals surface area (Å²) >= 11 is 0. The number of esters is 2. The van der Waals surface area contributed by atoms with Crippen molar-refractivity contribution >= 4 is 29.0 Å². The van der Waals surface area contributed by atoms with E-state index in [-0.39, 0.29) is 17.5 Å². The number of imidazole rings is 1. The van der Waals surface area contributed by atoms with Gasteiger partial charge in [-0.25, -0.2) is 9.59 Å². The van der Waals surface area contributed by atoms with E-state index in [1.54, 1.807) is 29.0 Å². The number of carbonyl (C=O) groups excluding carboxylic acids is 2. The Bertz CT molecular complexity index is 1380. The van der Waals surface area contributed by atoms with E-state index in [0.29, 0.717) is 22.4 Å². The Balaban J connectivity index is 1.90. The summed E-state index contributed by atoms with van der Waals surface area (Å²) in [5, 5.41) is 0. The van der Waals surface area contributed by atoms with Crippen molar-refractivity contribution in [1.82, 2.24) is 14.5 Å². The zero-order valence-electron chi connectivity index (χ0n) is 16.4. The molecule has 0 spiro atoms. The molecule has 1 aliphatic rings. The Hall–Kier alpha value is -4.46. The van der Waals surface area contributed by atoms with Crippen molar-refractivity contribution in [2.45, 2.75) is 0 Å². The van der Waals surface area contributed by atoms with Crippen molar-refractivity contribution in [3.63, 3.8) is 0 Å². The molecule has 1 aliphatic heterocycles. The molecule has 3 heterocycles. The lowest BCUT2D eigenvalue weighted by molar-refractivity contribution is -0.156. The van der Waals surface area contributed by atoms with Crippen molar-refractivity contribution in [2.24, 2.45) is 0 Å². The molecule has 2 aromatic heterocycles. The van der Waals surface area contributed by atoms with Crippen LogP contribution in [0.4, 0.5) is 0 Å². The fraction of sp³-hybridized carbons (Fsp3) is 0.0435. The van der Waals surface area contributed by atoms with Gasteiger partial charge in [-0.2, -0.15) is 4.98 Å². The molecule has 0 fully saturated rings. The molecular formula is C23H15N3O5. The first-order chi connectivity index (χ1) is 15.1. The van der Waals surface area contributed by atoms with Crippen molar-refractivity contribution in [3.05, 3.63) is 66.9 Å². The Morgan fingerprint density at radius 1 is 1.03 bits per heavy atom. The van der Waals surface area contributed by atoms with Crippen molar-refractivity contribution in [1.29, 1.82) is 0 Å². The molecule has 0 saturated heterocycles. The first-order valence-electron chi connectivity index (χ1n) is 9.33. The van der Waals surface area contributed by atoms with Gasteiger partial charge in [-0.1, -0.05) is 36.9 Å². The number of aromatic nitrogens is 3. The molecular weight excluding hydrogens is 398 g/mol. The van der Waals surface area contributed by atoms with E-state index in [0.717, 1.165) is 11.1 Å². The number of ether oxygens (including phenoxy) is 3. The third-order valence-electron chi connectivity index (χ3n) is 4.93. The Morgan fingerprint density at radius 3 is 2.61 bits per heavy atom. The summed E-state index contributed by atoms with van der Waals surface area (Å²) in [5.41, 5.74) is 3.74. The highest BCUT2D eigenvalue weighted by Gasteiger charge is 2.32. The number of methoxy groups -OCH3 is 1. The lowest BCUT2D eigenvalue weighted by atomic mass is 10.0. The van der Waals surface area contributed by atoms with Crippen LogP contribution in [0.25, 0.3) is 34.1 Å². The van der Waals surface area contributed by atoms with Crippen LogP contribution in [-0.4, -0.2) is 33.6 Å². The maximum Gasteiger partial charge on any atom is 0.425 e. The lowest BCUT2D eigenvalue weighted by Gasteiger charge is -2.16. The van der Waals surface area contributed by atoms with E-state index >= 15 is 0 Å². The SMILES string of the molecule is C=Cc1cccc(-c2ccccn2)c1-n1c2nc3c(c(OC)ccc31)OC(=O)C(=O)O2. The average molecular weight is 413 g/mol. The van der Waals surface area contributed by atoms with Gasteiger partial charge in [0.25, 0.3) is 0 Å². The summed E-state index contributed by atoms with van der Waals surface area (Å²) in [7, 11) is 1.44. The van der Waals surface area contributed by atoms with Crippen LogP contribution < -0.4 is 14.2 Å². The largest absolute Gasteiger partial charge is 0.493 e. The molecule has 5 rings (SSSR count). The Labute approximate surface area is 176 Å². The molecule has 8 heteroatoms. The number of para-hydroxylation sites is 1. The molecule has 31 heavy (non-hydrogen) atoms. The van der Waals surface area contributed by atoms with Gasteiger partial charge in [-0.15, -0.1) is 0 Å². The van der Waals surface area contributed by atoms with Crippen LogP contribution in [0, 0.1) is 0 Å². The fourth-order valence-electron chi connectivity index (χ4n) is 3.59. The van der Waals surface area contributed by atoms with E-state index < -0.39 is 11.9 Å². The Kier molecular flexibility index (Phi) is 4.25. The molecule has 0 amide bonds. The van der Waals surface area contributed by atoms with Gasteiger partial charge in [0.1, 0.15) is 5.52 Å². The highest BCUT2D eigenvalue weighted by molar-refractivity contribution is 6.31. The second-order valence-electron chi connectivity index (χ2n) is 6.64. The first kappa shape index (κ1) is 18.6. The van der Waals surface area contributed by atoms with Gasteiger partial charge in [0.2, 0.25) is 5.75 Å². The number of nitrogens with zero attached hydrogens (tertiary/aromatic N) is 3. The van der Waals surface area contributed by atoms with Gasteiger partial charge < -0.3 is 14.2 Å². The minimum Gasteiger partial charge on any atom is -0.493 e. The number of benzene rings is 2. The van der Waals surface area contributed by atoms with Gasteiger partial charge in [0.15, 0.2) is 5.75 Å². The summed E-state index contributed by atoms with van der Waals surface area (Å²) in [6.45, 7) is 3.92. The topological polar surface area (TPSA) is 92.5 Å². The van der Waals surface area contributed by atoms with Gasteiger partial charge in [0, 0.05) is 11.8 Å². The first-order valence-corrected chi connectivity index (χ1v) is 9.33. The zero-order valence-corrected chi connectivity index (χ0v) is 16.4. The van der Waals surface area contributed by atoms with Crippen LogP contribution >= 0.6 is 0 Å². The third-order valence-corrected chi connectivity index (χ3v) is 4.93. The maximum absolute atomic E-state index is 12.3. The fourth-order valence-corrected chi connectivity index (χ4v) is 3.59. The van der Waals surface area contributed by atoms with Crippen molar-refractivity contribution in [2.75, 3.05) is 7.11 Å². The Morgan fingerprint density at radius 2 is 1.87 bits per heavy atom. The molecule has 2 bridgehead atoms. The minimum atomic E-state index is -1.19. The molecule has 0 unspecified atom stereocenters. The average Bonchev–Trinajstić information content (AvgIpc) is 3.16. The molecule has 8 nitrogen and oxygen atoms in total. The van der Waals surface area contributed by atoms with Gasteiger partial charge in [-0.05, 0) is 29.8 Å². The molecule has 0 saturated carbocycles. The quantitative estimate of drug-likeness (QED) is 0.287. The van der Waals surface area contributed by atoms with Crippen LogP contribution in [0.5, 0.6) is 17.5 Å². The second kappa shape index (κ2) is 7.10. The van der Waals surface area contributed by atoms with Gasteiger partial charge >= 0.3 is 17.9 Å². The van der Waals surface area contributed by atoms with Crippen LogP contribution in [-0.2, 0) is 9.59 Å². The number of hydrogen-bond donors (Lipinski definition) is 0. The van der Waals surface area contributed by atoms with E-state index in [2.05, 4.69) is 16.5 Å². The highest BCUT2D eigenvalue weighted by atomic mass is 16.6. The standard InChI is InChI=1S/C23H15N3O5/c1-3-13-7-6-8-14(15-9-4-5-12-24-15)19(13)26-16-10-11-17(29-2)20-18(16)25-23(26)31-22(28)21(27)30-20/h3-12H,1H2,2H3. The van der Waals surface area contributed by atoms with E-state index in [4.69, 9.17) is 14.2 Å². The molecule has 0 atom stereocenters. The normalized spacial score (nSPS) is 12.8. The van der Waals surface area contributed by atoms with E-state index in [1.165, 1.54) is 7.11 Å². The highest BCUT2D eigenvalue weighted by Crippen LogP contribution is 2.42. The van der Waals surface area contributed by atoms with Crippen LogP contribution in [0.1, 0.15) is 5.56 Å². The van der Waals surface area contributed by atoms with E-state index in [1.807, 2.05) is 36.4 Å². The molecule has 4 aromatic rings. The van der Waals surface area contributed by atoms with Gasteiger partial charge in [0.05, 0.1) is 24.0 Å². The molecule has 0 N–H and O–H groups in total. The predicted octanol–water partition coefficient (Wildman–Crippen LogP) is 3.56. The second-order valence-corrected chi connectivity index (χ2v) is 6.64. The molecule has 2 aromatic carbocycles. The van der Waals surface area contributed by atoms with Gasteiger partial charge in [-0.3, -0.25) is 9.55 Å². The minimum absolute atomic E-state index is 0.0529. The smallest absolute Gasteiger partial charge is 0.425 e. The summed E-state index contributed by atoms with van der Waals surface area (Å²) in [5.74, 6) is -2.02. The zero-order chi connectivity index (χ0) is 21.5. The monoisotopic (exact) mass is 413 g/mol. The number of hydrogen-bond acceptors (Lipinski definition) is 7. The maximum atomic E-state index is 12.3. The summed E-state index contributed by atoms with van der Waals surface area (Å²) < 4.78 is 17.5. The number of pyridine rings is 1. The van der Waals surface area contributed by atoms with Crippen LogP contribution in [0.3, 0.4) is 0 Å². The lowest BCUT2D eigenvalue weighted by Crippen LogP contribution is -2.27. The van der Waals surface area contributed by atoms with Crippen LogP contribution in [0.15, 0.2) is 61.3 Å². The molecule has 0 radical (unpaired) electrons. The van der Waals surface area contributed by atoms with Crippen LogP contribution in [0.2, 0.25) is 0 Å². The third kappa shape index (κ3) is 2.84. The summed E-state index contributed by atoms with van der Waals surface area (Å²) in [6, 6.07) is 14.5. The van der Waals surface area contributed by atoms with Crippen molar-refractivity contribution < 1.29 is 23.8 Å². The molecule has 0 aliphatic carbocycles. The van der Waals surface area contributed by atoms with Crippen molar-refractivity contribution in [3.8, 4) is 34.5 Å². The molecule has 152 valence electrons. The number of rotatable bonds is 4. The van der Waals surface area contributed by atoms with E-state index in [9.17, 15) is 9.59 Å². The number of carbonyl (C=O) groups is 2.